The Hall–Kier alpha value is -3.04. The molecular formula is C15H20FN7O2. The first-order valence-corrected chi connectivity index (χ1v) is 7.77. The van der Waals surface area contributed by atoms with Gasteiger partial charge in [-0.1, -0.05) is 18.2 Å². The first-order chi connectivity index (χ1) is 12.0. The molecule has 0 saturated carbocycles. The minimum absolute atomic E-state index is 0.0886. The van der Waals surface area contributed by atoms with Gasteiger partial charge in [0.05, 0.1) is 11.7 Å². The molecule has 0 aliphatic carbocycles. The molecule has 0 saturated heterocycles. The molecule has 0 unspecified atom stereocenters. The van der Waals surface area contributed by atoms with Crippen LogP contribution in [-0.4, -0.2) is 51.4 Å². The van der Waals surface area contributed by atoms with Crippen molar-refractivity contribution in [3.05, 3.63) is 36.2 Å². The van der Waals surface area contributed by atoms with Gasteiger partial charge in [-0.2, -0.15) is 4.68 Å². The number of nitrogens with one attached hydrogen (secondary N) is 3. The largest absolute Gasteiger partial charge is 0.352 e. The van der Waals surface area contributed by atoms with Crippen molar-refractivity contribution >= 4 is 11.9 Å². The molecule has 9 nitrogen and oxygen atoms in total. The maximum Gasteiger partial charge on any atom is 0.316 e. The van der Waals surface area contributed by atoms with Crippen LogP contribution >= 0.6 is 0 Å². The fraction of sp³-hybridized carbons (Fsp3) is 0.400. The molecule has 10 heteroatoms. The highest BCUT2D eigenvalue weighted by atomic mass is 19.1. The van der Waals surface area contributed by atoms with Crippen LogP contribution in [0.15, 0.2) is 30.3 Å². The molecule has 0 bridgehead atoms. The number of halogens is 1. The standard InChI is InChI=1S/C15H20FN7O2/c1-10(18-15(25)19-11(2)14(24)17-9-8-16)13-20-21-22-23(13)12-6-4-3-5-7-12/h3-7,10-11H,8-9H2,1-2H3,(H,17,24)(H2,18,19,25)/t10-,11+/m1/s1. The minimum Gasteiger partial charge on any atom is -0.352 e. The van der Waals surface area contributed by atoms with E-state index >= 15 is 0 Å². The van der Waals surface area contributed by atoms with Crippen molar-refractivity contribution in [2.24, 2.45) is 0 Å². The zero-order valence-electron chi connectivity index (χ0n) is 13.9. The number of tetrazole rings is 1. The zero-order chi connectivity index (χ0) is 18.2. The molecular weight excluding hydrogens is 329 g/mol. The van der Waals surface area contributed by atoms with Crippen molar-refractivity contribution in [2.45, 2.75) is 25.9 Å². The highest BCUT2D eigenvalue weighted by Crippen LogP contribution is 2.13. The van der Waals surface area contributed by atoms with Crippen molar-refractivity contribution in [3.63, 3.8) is 0 Å². The molecule has 0 radical (unpaired) electrons. The molecule has 1 aromatic carbocycles. The number of benzene rings is 1. The summed E-state index contributed by atoms with van der Waals surface area (Å²) in [5.41, 5.74) is 0.760. The number of carbonyl (C=O) groups excluding carboxylic acids is 2. The molecule has 0 spiro atoms. The third-order valence-electron chi connectivity index (χ3n) is 3.36. The number of hydrogen-bond donors (Lipinski definition) is 3. The van der Waals surface area contributed by atoms with Gasteiger partial charge in [-0.3, -0.25) is 4.79 Å². The van der Waals surface area contributed by atoms with Crippen LogP contribution in [0.1, 0.15) is 25.7 Å². The quantitative estimate of drug-likeness (QED) is 0.673. The van der Waals surface area contributed by atoms with Gasteiger partial charge in [-0.05, 0) is 36.4 Å². The maximum atomic E-state index is 12.1. The summed E-state index contributed by atoms with van der Waals surface area (Å²) in [5.74, 6) is -0.0227. The van der Waals surface area contributed by atoms with E-state index in [2.05, 4.69) is 31.5 Å². The van der Waals surface area contributed by atoms with E-state index in [-0.39, 0.29) is 6.54 Å². The molecule has 3 amide bonds. The molecule has 1 aromatic heterocycles. The van der Waals surface area contributed by atoms with Crippen molar-refractivity contribution < 1.29 is 14.0 Å². The third kappa shape index (κ3) is 4.96. The van der Waals surface area contributed by atoms with E-state index in [0.717, 1.165) is 5.69 Å². The van der Waals surface area contributed by atoms with E-state index < -0.39 is 30.7 Å². The summed E-state index contributed by atoms with van der Waals surface area (Å²) in [4.78, 5) is 23.7. The molecule has 2 atom stereocenters. The molecule has 3 N–H and O–H groups in total. The monoisotopic (exact) mass is 349 g/mol. The number of aromatic nitrogens is 4. The fourth-order valence-electron chi connectivity index (χ4n) is 2.11. The Bertz CT molecular complexity index is 707. The average Bonchev–Trinajstić information content (AvgIpc) is 3.10. The Morgan fingerprint density at radius 2 is 1.92 bits per heavy atom. The summed E-state index contributed by atoms with van der Waals surface area (Å²) in [5, 5.41) is 19.0. The molecule has 0 fully saturated rings. The number of urea groups is 1. The lowest BCUT2D eigenvalue weighted by molar-refractivity contribution is -0.122. The van der Waals surface area contributed by atoms with Crippen LogP contribution in [0.25, 0.3) is 5.69 Å². The zero-order valence-corrected chi connectivity index (χ0v) is 13.9. The van der Waals surface area contributed by atoms with E-state index in [1.54, 1.807) is 6.92 Å². The van der Waals surface area contributed by atoms with Crippen molar-refractivity contribution in [1.29, 1.82) is 0 Å². The lowest BCUT2D eigenvalue weighted by Crippen LogP contribution is -2.49. The Morgan fingerprint density at radius 1 is 1.20 bits per heavy atom. The van der Waals surface area contributed by atoms with Gasteiger partial charge >= 0.3 is 6.03 Å². The normalized spacial score (nSPS) is 12.9. The Kier molecular flexibility index (Phi) is 6.38. The molecule has 2 aromatic rings. The smallest absolute Gasteiger partial charge is 0.316 e. The Morgan fingerprint density at radius 3 is 2.60 bits per heavy atom. The lowest BCUT2D eigenvalue weighted by atomic mass is 10.3. The summed E-state index contributed by atoms with van der Waals surface area (Å²) in [6.07, 6.45) is 0. The first-order valence-electron chi connectivity index (χ1n) is 7.77. The van der Waals surface area contributed by atoms with Crippen LogP contribution in [0.5, 0.6) is 0 Å². The van der Waals surface area contributed by atoms with Crippen LogP contribution in [0.2, 0.25) is 0 Å². The van der Waals surface area contributed by atoms with Gasteiger partial charge in [-0.25, -0.2) is 9.18 Å². The fourth-order valence-corrected chi connectivity index (χ4v) is 2.11. The van der Waals surface area contributed by atoms with Crippen molar-refractivity contribution in [2.75, 3.05) is 13.2 Å². The molecule has 0 aliphatic rings. The molecule has 134 valence electrons. The van der Waals surface area contributed by atoms with Gasteiger partial charge in [0.1, 0.15) is 12.7 Å². The minimum atomic E-state index is -0.802. The highest BCUT2D eigenvalue weighted by molar-refractivity contribution is 5.86. The lowest BCUT2D eigenvalue weighted by Gasteiger charge is -2.17. The molecule has 1 heterocycles. The van der Waals surface area contributed by atoms with Crippen molar-refractivity contribution in [1.82, 2.24) is 36.2 Å². The number of alkyl halides is 1. The van der Waals surface area contributed by atoms with E-state index in [9.17, 15) is 14.0 Å². The van der Waals surface area contributed by atoms with Crippen molar-refractivity contribution in [3.8, 4) is 5.69 Å². The van der Waals surface area contributed by atoms with Gasteiger partial charge in [-0.15, -0.1) is 5.10 Å². The third-order valence-corrected chi connectivity index (χ3v) is 3.36. The summed E-state index contributed by atoms with van der Waals surface area (Å²) >= 11 is 0. The maximum absolute atomic E-state index is 12.1. The SMILES string of the molecule is C[C@H](NC(=O)N[C@H](C)c1nnnn1-c1ccccc1)C(=O)NCCF. The second-order valence-corrected chi connectivity index (χ2v) is 5.33. The predicted octanol–water partition coefficient (Wildman–Crippen LogP) is 0.497. The number of hydrogen-bond acceptors (Lipinski definition) is 5. The number of para-hydroxylation sites is 1. The number of carbonyl (C=O) groups is 2. The topological polar surface area (TPSA) is 114 Å². The highest BCUT2D eigenvalue weighted by Gasteiger charge is 2.20. The Balaban J connectivity index is 1.96. The van der Waals surface area contributed by atoms with Crippen LogP contribution in [0.3, 0.4) is 0 Å². The summed E-state index contributed by atoms with van der Waals surface area (Å²) in [6, 6.07) is 7.39. The second kappa shape index (κ2) is 8.71. The molecule has 2 rings (SSSR count). The number of nitrogens with zero attached hydrogens (tertiary/aromatic N) is 4. The molecule has 25 heavy (non-hydrogen) atoms. The van der Waals surface area contributed by atoms with Crippen LogP contribution < -0.4 is 16.0 Å². The van der Waals surface area contributed by atoms with Crippen LogP contribution in [0, 0.1) is 0 Å². The summed E-state index contributed by atoms with van der Waals surface area (Å²) < 4.78 is 13.6. The van der Waals surface area contributed by atoms with Crippen LogP contribution in [0.4, 0.5) is 9.18 Å². The summed E-state index contributed by atoms with van der Waals surface area (Å²) in [7, 11) is 0. The summed E-state index contributed by atoms with van der Waals surface area (Å²) in [6.45, 7) is 2.48. The van der Waals surface area contributed by atoms with Gasteiger partial charge < -0.3 is 16.0 Å². The average molecular weight is 349 g/mol. The van der Waals surface area contributed by atoms with E-state index in [1.165, 1.54) is 11.6 Å². The van der Waals surface area contributed by atoms with Gasteiger partial charge in [0.2, 0.25) is 5.91 Å². The first kappa shape index (κ1) is 18.3. The van der Waals surface area contributed by atoms with E-state index in [1.807, 2.05) is 30.3 Å². The number of amides is 3. The van der Waals surface area contributed by atoms with E-state index in [0.29, 0.717) is 5.82 Å². The van der Waals surface area contributed by atoms with Gasteiger partial charge in [0.25, 0.3) is 0 Å². The second-order valence-electron chi connectivity index (χ2n) is 5.33. The Labute approximate surface area is 144 Å². The molecule has 0 aliphatic heterocycles. The predicted molar refractivity (Wildman–Crippen MR) is 87.7 cm³/mol. The van der Waals surface area contributed by atoms with Gasteiger partial charge in [0, 0.05) is 6.54 Å². The van der Waals surface area contributed by atoms with Crippen LogP contribution in [-0.2, 0) is 4.79 Å². The van der Waals surface area contributed by atoms with Gasteiger partial charge in [0.15, 0.2) is 5.82 Å². The van der Waals surface area contributed by atoms with E-state index in [4.69, 9.17) is 0 Å². The number of rotatable bonds is 7.